The number of anilines is 1. The van der Waals surface area contributed by atoms with Crippen molar-refractivity contribution in [2.75, 3.05) is 5.32 Å². The van der Waals surface area contributed by atoms with Gasteiger partial charge in [-0.05, 0) is 78.1 Å². The summed E-state index contributed by atoms with van der Waals surface area (Å²) < 4.78 is 7.02. The Bertz CT molecular complexity index is 828. The van der Waals surface area contributed by atoms with E-state index in [0.29, 0.717) is 5.82 Å². The highest BCUT2D eigenvalue weighted by atomic mass is 79.9. The number of nitrogens with zero attached hydrogens (tertiary/aromatic N) is 1. The molecule has 2 atom stereocenters. The molecule has 0 radical (unpaired) electrons. The SMILES string of the molecule is CC(OC(C)(C)C)C(Nc1nccc2cc(Br)ccc12)C(=O)NOC(C)(C)C. The first kappa shape index (κ1) is 22.6. The number of aromatic nitrogens is 1. The summed E-state index contributed by atoms with van der Waals surface area (Å²) in [5.41, 5.74) is 1.65. The summed E-state index contributed by atoms with van der Waals surface area (Å²) >= 11 is 3.48. The third-order valence-electron chi connectivity index (χ3n) is 3.77. The molecule has 7 heteroatoms. The molecule has 1 aromatic carbocycles. The number of hydrogen-bond acceptors (Lipinski definition) is 5. The molecule has 1 heterocycles. The Morgan fingerprint density at radius 1 is 1.11 bits per heavy atom. The van der Waals surface area contributed by atoms with Crippen LogP contribution in [0.3, 0.4) is 0 Å². The van der Waals surface area contributed by atoms with Crippen LogP contribution in [0.25, 0.3) is 10.8 Å². The van der Waals surface area contributed by atoms with E-state index in [-0.39, 0.29) is 5.91 Å². The molecule has 0 saturated heterocycles. The number of amides is 1. The fraction of sp³-hybridized carbons (Fsp3) is 0.524. The zero-order valence-corrected chi connectivity index (χ0v) is 19.2. The van der Waals surface area contributed by atoms with Crippen molar-refractivity contribution in [3.63, 3.8) is 0 Å². The number of ether oxygens (including phenoxy) is 1. The van der Waals surface area contributed by atoms with Gasteiger partial charge < -0.3 is 10.1 Å². The minimum Gasteiger partial charge on any atom is -0.370 e. The monoisotopic (exact) mass is 451 g/mol. The number of rotatable bonds is 6. The van der Waals surface area contributed by atoms with Crippen molar-refractivity contribution < 1.29 is 14.4 Å². The standard InChI is InChI=1S/C21H30BrN3O3/c1-13(27-20(2,3)4)17(19(26)25-28-21(5,6)7)24-18-16-9-8-15(22)12-14(16)10-11-23-18/h8-13,17H,1-7H3,(H,23,24)(H,25,26). The maximum atomic E-state index is 12.9. The molecular weight excluding hydrogens is 422 g/mol. The lowest BCUT2D eigenvalue weighted by Gasteiger charge is -2.31. The van der Waals surface area contributed by atoms with Crippen molar-refractivity contribution in [1.29, 1.82) is 0 Å². The zero-order valence-electron chi connectivity index (χ0n) is 17.6. The van der Waals surface area contributed by atoms with Crippen LogP contribution in [0.1, 0.15) is 48.5 Å². The smallest absolute Gasteiger partial charge is 0.268 e. The number of pyridine rings is 1. The summed E-state index contributed by atoms with van der Waals surface area (Å²) in [7, 11) is 0. The number of carbonyl (C=O) groups is 1. The Morgan fingerprint density at radius 2 is 1.79 bits per heavy atom. The van der Waals surface area contributed by atoms with E-state index in [4.69, 9.17) is 9.57 Å². The van der Waals surface area contributed by atoms with Crippen molar-refractivity contribution in [1.82, 2.24) is 10.5 Å². The Labute approximate surface area is 175 Å². The van der Waals surface area contributed by atoms with Crippen LogP contribution in [0, 0.1) is 0 Å². The Morgan fingerprint density at radius 3 is 2.39 bits per heavy atom. The summed E-state index contributed by atoms with van der Waals surface area (Å²) in [6, 6.07) is 7.16. The second-order valence-electron chi connectivity index (χ2n) is 8.76. The van der Waals surface area contributed by atoms with Crippen LogP contribution in [0.2, 0.25) is 0 Å². The first-order valence-corrected chi connectivity index (χ1v) is 10.1. The van der Waals surface area contributed by atoms with E-state index < -0.39 is 23.3 Å². The number of fused-ring (bicyclic) bond motifs is 1. The van der Waals surface area contributed by atoms with Crippen molar-refractivity contribution in [2.24, 2.45) is 0 Å². The van der Waals surface area contributed by atoms with Crippen LogP contribution in [0.5, 0.6) is 0 Å². The number of halogens is 1. The molecule has 0 spiro atoms. The number of nitrogens with one attached hydrogen (secondary N) is 2. The van der Waals surface area contributed by atoms with Gasteiger partial charge in [-0.3, -0.25) is 9.63 Å². The van der Waals surface area contributed by atoms with Crippen molar-refractivity contribution in [2.45, 2.75) is 71.8 Å². The van der Waals surface area contributed by atoms with Gasteiger partial charge in [0.25, 0.3) is 5.91 Å². The van der Waals surface area contributed by atoms with Crippen LogP contribution < -0.4 is 10.8 Å². The van der Waals surface area contributed by atoms with Gasteiger partial charge in [0.05, 0.1) is 17.3 Å². The van der Waals surface area contributed by atoms with Crippen LogP contribution in [-0.4, -0.2) is 34.2 Å². The minimum atomic E-state index is -0.691. The molecule has 0 aliphatic rings. The summed E-state index contributed by atoms with van der Waals surface area (Å²) in [6.45, 7) is 13.3. The summed E-state index contributed by atoms with van der Waals surface area (Å²) in [5, 5.41) is 5.19. The van der Waals surface area contributed by atoms with E-state index in [1.807, 2.05) is 72.7 Å². The average molecular weight is 452 g/mol. The van der Waals surface area contributed by atoms with Crippen LogP contribution in [0.4, 0.5) is 5.82 Å². The lowest BCUT2D eigenvalue weighted by molar-refractivity contribution is -0.151. The van der Waals surface area contributed by atoms with Crippen LogP contribution in [0.15, 0.2) is 34.9 Å². The Hall–Kier alpha value is -1.70. The first-order chi connectivity index (χ1) is 12.9. The summed E-state index contributed by atoms with van der Waals surface area (Å²) in [4.78, 5) is 22.8. The lowest BCUT2D eigenvalue weighted by Crippen LogP contribution is -2.50. The van der Waals surface area contributed by atoms with Crippen LogP contribution >= 0.6 is 15.9 Å². The van der Waals surface area contributed by atoms with Crippen molar-refractivity contribution >= 4 is 38.4 Å². The summed E-state index contributed by atoms with van der Waals surface area (Å²) in [5.74, 6) is 0.299. The number of hydrogen-bond donors (Lipinski definition) is 2. The minimum absolute atomic E-state index is 0.317. The maximum Gasteiger partial charge on any atom is 0.268 e. The van der Waals surface area contributed by atoms with Gasteiger partial charge in [-0.15, -0.1) is 0 Å². The second kappa shape index (κ2) is 8.76. The molecule has 0 fully saturated rings. The van der Waals surface area contributed by atoms with Gasteiger partial charge >= 0.3 is 0 Å². The van der Waals surface area contributed by atoms with E-state index in [1.54, 1.807) is 6.20 Å². The fourth-order valence-electron chi connectivity index (χ4n) is 2.70. The molecule has 154 valence electrons. The Kier molecular flexibility index (Phi) is 7.07. The van der Waals surface area contributed by atoms with Gasteiger partial charge in [0, 0.05) is 16.1 Å². The fourth-order valence-corrected chi connectivity index (χ4v) is 3.08. The third kappa shape index (κ3) is 6.72. The van der Waals surface area contributed by atoms with E-state index in [0.717, 1.165) is 15.2 Å². The highest BCUT2D eigenvalue weighted by molar-refractivity contribution is 9.10. The summed E-state index contributed by atoms with van der Waals surface area (Å²) in [6.07, 6.45) is 1.29. The molecule has 2 aromatic rings. The average Bonchev–Trinajstić information content (AvgIpc) is 2.55. The molecule has 1 aromatic heterocycles. The topological polar surface area (TPSA) is 72.5 Å². The van der Waals surface area contributed by atoms with Gasteiger partial charge in [-0.2, -0.15) is 0 Å². The molecule has 6 nitrogen and oxygen atoms in total. The van der Waals surface area contributed by atoms with Gasteiger partial charge in [0.1, 0.15) is 11.9 Å². The first-order valence-electron chi connectivity index (χ1n) is 9.32. The molecule has 0 aliphatic heterocycles. The highest BCUT2D eigenvalue weighted by Gasteiger charge is 2.31. The van der Waals surface area contributed by atoms with Gasteiger partial charge in [-0.1, -0.05) is 15.9 Å². The quantitative estimate of drug-likeness (QED) is 0.615. The van der Waals surface area contributed by atoms with E-state index >= 15 is 0 Å². The van der Waals surface area contributed by atoms with E-state index in [9.17, 15) is 4.79 Å². The van der Waals surface area contributed by atoms with Gasteiger partial charge in [0.2, 0.25) is 0 Å². The Balaban J connectivity index is 2.32. The maximum absolute atomic E-state index is 12.9. The third-order valence-corrected chi connectivity index (χ3v) is 4.26. The zero-order chi connectivity index (χ0) is 21.1. The molecule has 28 heavy (non-hydrogen) atoms. The van der Waals surface area contributed by atoms with Gasteiger partial charge in [0.15, 0.2) is 0 Å². The molecule has 2 unspecified atom stereocenters. The molecular formula is C21H30BrN3O3. The largest absolute Gasteiger partial charge is 0.370 e. The normalized spacial score (nSPS) is 14.6. The van der Waals surface area contributed by atoms with E-state index in [2.05, 4.69) is 31.7 Å². The molecule has 1 amide bonds. The molecule has 0 saturated carbocycles. The lowest BCUT2D eigenvalue weighted by atomic mass is 10.1. The van der Waals surface area contributed by atoms with Crippen LogP contribution in [-0.2, 0) is 14.4 Å². The number of hydroxylamine groups is 1. The highest BCUT2D eigenvalue weighted by Crippen LogP contribution is 2.26. The number of benzene rings is 1. The molecule has 2 rings (SSSR count). The predicted octanol–water partition coefficient (Wildman–Crippen LogP) is 4.83. The van der Waals surface area contributed by atoms with Gasteiger partial charge in [-0.25, -0.2) is 10.5 Å². The second-order valence-corrected chi connectivity index (χ2v) is 9.68. The molecule has 2 N–H and O–H groups in total. The molecule has 0 aliphatic carbocycles. The van der Waals surface area contributed by atoms with Crippen molar-refractivity contribution in [3.05, 3.63) is 34.9 Å². The van der Waals surface area contributed by atoms with E-state index in [1.165, 1.54) is 0 Å². The molecule has 0 bridgehead atoms. The van der Waals surface area contributed by atoms with Crippen molar-refractivity contribution in [3.8, 4) is 0 Å². The number of carbonyl (C=O) groups excluding carboxylic acids is 1. The predicted molar refractivity (Wildman–Crippen MR) is 116 cm³/mol.